The molecule has 110 valence electrons. The zero-order valence-electron chi connectivity index (χ0n) is 13.0. The van der Waals surface area contributed by atoms with Crippen LogP contribution >= 0.6 is 0 Å². The van der Waals surface area contributed by atoms with Gasteiger partial charge in [0.1, 0.15) is 0 Å². The number of hydrogen-bond acceptors (Lipinski definition) is 2. The van der Waals surface area contributed by atoms with Crippen LogP contribution in [0.25, 0.3) is 5.69 Å². The average Bonchev–Trinajstić information content (AvgIpc) is 2.89. The molecule has 1 atom stereocenters. The van der Waals surface area contributed by atoms with Crippen molar-refractivity contribution >= 4 is 5.91 Å². The van der Waals surface area contributed by atoms with Crippen LogP contribution in [0.4, 0.5) is 0 Å². The average molecular weight is 283 g/mol. The lowest BCUT2D eigenvalue weighted by molar-refractivity contribution is 0.0999. The van der Waals surface area contributed by atoms with E-state index in [1.54, 1.807) is 10.9 Å². The van der Waals surface area contributed by atoms with Gasteiger partial charge in [0.25, 0.3) is 5.91 Å². The molecule has 4 nitrogen and oxygen atoms in total. The van der Waals surface area contributed by atoms with E-state index in [2.05, 4.69) is 44.1 Å². The van der Waals surface area contributed by atoms with Crippen LogP contribution in [0, 0.1) is 6.92 Å². The molecule has 2 aromatic rings. The van der Waals surface area contributed by atoms with Gasteiger partial charge in [0.2, 0.25) is 0 Å². The Kier molecular flexibility index (Phi) is 2.94. The predicted molar refractivity (Wildman–Crippen MR) is 82.9 cm³/mol. The smallest absolute Gasteiger partial charge is 0.252 e. The Morgan fingerprint density at radius 3 is 2.76 bits per heavy atom. The summed E-state index contributed by atoms with van der Waals surface area (Å²) in [5.74, 6) is 0.0486. The summed E-state index contributed by atoms with van der Waals surface area (Å²) in [6.07, 6.45) is 2.87. The van der Waals surface area contributed by atoms with Crippen LogP contribution in [0.5, 0.6) is 0 Å². The SMILES string of the molecule is Cc1nn(-c2cccc3c2C(C)CC3(C)C)cc1C(N)=O. The molecular formula is C17H21N3O. The molecule has 0 radical (unpaired) electrons. The summed E-state index contributed by atoms with van der Waals surface area (Å²) in [6.45, 7) is 8.63. The molecule has 1 aromatic heterocycles. The van der Waals surface area contributed by atoms with E-state index < -0.39 is 5.91 Å². The van der Waals surface area contributed by atoms with Gasteiger partial charge in [-0.25, -0.2) is 4.68 Å². The van der Waals surface area contributed by atoms with Crippen LogP contribution < -0.4 is 5.73 Å². The number of rotatable bonds is 2. The third-order valence-corrected chi connectivity index (χ3v) is 4.53. The molecule has 0 bridgehead atoms. The highest BCUT2D eigenvalue weighted by Gasteiger charge is 2.36. The number of aromatic nitrogens is 2. The summed E-state index contributed by atoms with van der Waals surface area (Å²) in [5.41, 5.74) is 10.5. The highest BCUT2D eigenvalue weighted by atomic mass is 16.1. The fourth-order valence-electron chi connectivity index (χ4n) is 3.66. The molecule has 1 aliphatic rings. The van der Waals surface area contributed by atoms with Crippen LogP contribution in [0.1, 0.15) is 60.3 Å². The lowest BCUT2D eigenvalue weighted by Crippen LogP contribution is -2.12. The molecule has 0 saturated carbocycles. The maximum absolute atomic E-state index is 11.4. The minimum absolute atomic E-state index is 0.180. The van der Waals surface area contributed by atoms with E-state index in [-0.39, 0.29) is 5.41 Å². The number of carbonyl (C=O) groups excluding carboxylic acids is 1. The second-order valence-electron chi connectivity index (χ2n) is 6.66. The van der Waals surface area contributed by atoms with Crippen molar-refractivity contribution in [1.82, 2.24) is 9.78 Å². The number of aryl methyl sites for hydroxylation is 1. The molecular weight excluding hydrogens is 262 g/mol. The van der Waals surface area contributed by atoms with Gasteiger partial charge in [-0.3, -0.25) is 4.79 Å². The number of benzene rings is 1. The Hall–Kier alpha value is -2.10. The predicted octanol–water partition coefficient (Wildman–Crippen LogP) is 3.06. The van der Waals surface area contributed by atoms with E-state index in [1.165, 1.54) is 11.1 Å². The van der Waals surface area contributed by atoms with Gasteiger partial charge in [0, 0.05) is 6.20 Å². The van der Waals surface area contributed by atoms with E-state index in [0.717, 1.165) is 12.1 Å². The quantitative estimate of drug-likeness (QED) is 0.920. The monoisotopic (exact) mass is 283 g/mol. The summed E-state index contributed by atoms with van der Waals surface area (Å²) in [5, 5.41) is 4.48. The summed E-state index contributed by atoms with van der Waals surface area (Å²) in [6, 6.07) is 6.33. The van der Waals surface area contributed by atoms with Crippen molar-refractivity contribution < 1.29 is 4.79 Å². The minimum atomic E-state index is -0.431. The number of nitrogens with zero attached hydrogens (tertiary/aromatic N) is 2. The molecule has 2 N–H and O–H groups in total. The highest BCUT2D eigenvalue weighted by molar-refractivity contribution is 5.93. The van der Waals surface area contributed by atoms with Crippen LogP contribution in [0.3, 0.4) is 0 Å². The van der Waals surface area contributed by atoms with Gasteiger partial charge in [0.05, 0.1) is 16.9 Å². The maximum atomic E-state index is 11.4. The number of hydrogen-bond donors (Lipinski definition) is 1. The highest BCUT2D eigenvalue weighted by Crippen LogP contribution is 2.47. The van der Waals surface area contributed by atoms with Crippen LogP contribution in [-0.2, 0) is 5.41 Å². The van der Waals surface area contributed by atoms with E-state index in [4.69, 9.17) is 5.73 Å². The topological polar surface area (TPSA) is 60.9 Å². The molecule has 0 fully saturated rings. The fraction of sp³-hybridized carbons (Fsp3) is 0.412. The third kappa shape index (κ3) is 2.06. The Balaban J connectivity index is 2.20. The van der Waals surface area contributed by atoms with Crippen LogP contribution in [0.2, 0.25) is 0 Å². The zero-order valence-corrected chi connectivity index (χ0v) is 13.0. The number of nitrogens with two attached hydrogens (primary N) is 1. The first kappa shape index (κ1) is 13.9. The van der Waals surface area contributed by atoms with Crippen molar-refractivity contribution in [2.75, 3.05) is 0 Å². The van der Waals surface area contributed by atoms with Crippen molar-refractivity contribution in [1.29, 1.82) is 0 Å². The molecule has 0 aliphatic heterocycles. The normalized spacial score (nSPS) is 19.5. The molecule has 1 aromatic carbocycles. The fourth-order valence-corrected chi connectivity index (χ4v) is 3.66. The van der Waals surface area contributed by atoms with Crippen molar-refractivity contribution in [3.63, 3.8) is 0 Å². The first-order valence-electron chi connectivity index (χ1n) is 7.31. The Labute approximate surface area is 125 Å². The summed E-state index contributed by atoms with van der Waals surface area (Å²) in [7, 11) is 0. The lowest BCUT2D eigenvalue weighted by Gasteiger charge is -2.19. The maximum Gasteiger partial charge on any atom is 0.252 e. The van der Waals surface area contributed by atoms with Gasteiger partial charge in [-0.05, 0) is 41.9 Å². The summed E-state index contributed by atoms with van der Waals surface area (Å²) in [4.78, 5) is 11.4. The van der Waals surface area contributed by atoms with Gasteiger partial charge in [0.15, 0.2) is 0 Å². The Bertz CT molecular complexity index is 728. The molecule has 21 heavy (non-hydrogen) atoms. The molecule has 1 unspecified atom stereocenters. The Morgan fingerprint density at radius 2 is 2.14 bits per heavy atom. The molecule has 1 aliphatic carbocycles. The van der Waals surface area contributed by atoms with Crippen LogP contribution in [0.15, 0.2) is 24.4 Å². The molecule has 1 amide bonds. The van der Waals surface area contributed by atoms with E-state index >= 15 is 0 Å². The zero-order chi connectivity index (χ0) is 15.4. The standard InChI is InChI=1S/C17H21N3O/c1-10-8-17(3,4)13-6-5-7-14(15(10)13)20-9-12(16(18)21)11(2)19-20/h5-7,9-10H,8H2,1-4H3,(H2,18,21). The summed E-state index contributed by atoms with van der Waals surface area (Å²) >= 11 is 0. The second-order valence-corrected chi connectivity index (χ2v) is 6.66. The van der Waals surface area contributed by atoms with E-state index in [9.17, 15) is 4.79 Å². The van der Waals surface area contributed by atoms with Crippen LogP contribution in [-0.4, -0.2) is 15.7 Å². The molecule has 1 heterocycles. The number of primary amides is 1. The number of amides is 1. The van der Waals surface area contributed by atoms with E-state index in [1.807, 2.05) is 6.92 Å². The van der Waals surface area contributed by atoms with Gasteiger partial charge in [-0.15, -0.1) is 0 Å². The largest absolute Gasteiger partial charge is 0.365 e. The van der Waals surface area contributed by atoms with E-state index in [0.29, 0.717) is 17.2 Å². The van der Waals surface area contributed by atoms with Gasteiger partial charge in [-0.2, -0.15) is 5.10 Å². The Morgan fingerprint density at radius 1 is 1.43 bits per heavy atom. The van der Waals surface area contributed by atoms with Crippen molar-refractivity contribution in [3.05, 3.63) is 46.8 Å². The van der Waals surface area contributed by atoms with Gasteiger partial charge < -0.3 is 5.73 Å². The van der Waals surface area contributed by atoms with Crippen molar-refractivity contribution in [2.24, 2.45) is 5.73 Å². The molecule has 0 spiro atoms. The second kappa shape index (κ2) is 4.45. The first-order chi connectivity index (χ1) is 9.81. The molecule has 4 heteroatoms. The summed E-state index contributed by atoms with van der Waals surface area (Å²) < 4.78 is 1.80. The van der Waals surface area contributed by atoms with Crippen molar-refractivity contribution in [2.45, 2.75) is 45.4 Å². The molecule has 3 rings (SSSR count). The van der Waals surface area contributed by atoms with Gasteiger partial charge >= 0.3 is 0 Å². The first-order valence-corrected chi connectivity index (χ1v) is 7.31. The lowest BCUT2D eigenvalue weighted by atomic mass is 9.86. The van der Waals surface area contributed by atoms with Gasteiger partial charge in [-0.1, -0.05) is 32.9 Å². The van der Waals surface area contributed by atoms with Crippen molar-refractivity contribution in [3.8, 4) is 5.69 Å². The number of fused-ring (bicyclic) bond motifs is 1. The third-order valence-electron chi connectivity index (χ3n) is 4.53. The molecule has 0 saturated heterocycles. The minimum Gasteiger partial charge on any atom is -0.365 e. The number of carbonyl (C=O) groups is 1.